The van der Waals surface area contributed by atoms with Crippen LogP contribution in [-0.2, 0) is 0 Å². The summed E-state index contributed by atoms with van der Waals surface area (Å²) in [4.78, 5) is 5.43. The molecule has 20 heavy (non-hydrogen) atoms. The molecule has 0 radical (unpaired) electrons. The molecule has 3 nitrogen and oxygen atoms in total. The third-order valence-electron chi connectivity index (χ3n) is 2.77. The molecule has 2 rings (SSSR count). The summed E-state index contributed by atoms with van der Waals surface area (Å²) in [5.41, 5.74) is 5.74. The second-order valence-corrected chi connectivity index (χ2v) is 4.64. The van der Waals surface area contributed by atoms with Gasteiger partial charge in [0.05, 0.1) is 10.7 Å². The van der Waals surface area contributed by atoms with Gasteiger partial charge in [0.1, 0.15) is 5.82 Å². The predicted molar refractivity (Wildman–Crippen MR) is 76.3 cm³/mol. The zero-order valence-electron chi connectivity index (χ0n) is 10.7. The van der Waals surface area contributed by atoms with Gasteiger partial charge in [-0.05, 0) is 31.2 Å². The summed E-state index contributed by atoms with van der Waals surface area (Å²) in [6.45, 7) is 0.781. The maximum atomic E-state index is 14.0. The topological polar surface area (TPSA) is 42.1 Å². The van der Waals surface area contributed by atoms with E-state index in [1.807, 2.05) is 0 Å². The second kappa shape index (κ2) is 6.63. The molecule has 6 heteroatoms. The van der Waals surface area contributed by atoms with Crippen LogP contribution in [0.15, 0.2) is 36.5 Å². The van der Waals surface area contributed by atoms with Gasteiger partial charge in [0.25, 0.3) is 0 Å². The second-order valence-electron chi connectivity index (χ2n) is 4.20. The van der Waals surface area contributed by atoms with E-state index in [4.69, 9.17) is 17.3 Å². The van der Waals surface area contributed by atoms with E-state index in [0.717, 1.165) is 6.07 Å². The quantitative estimate of drug-likeness (QED) is 0.918. The third kappa shape index (κ3) is 3.23. The number of aromatic nitrogens is 1. The molecule has 1 aromatic carbocycles. The lowest BCUT2D eigenvalue weighted by Gasteiger charge is -2.24. The summed E-state index contributed by atoms with van der Waals surface area (Å²) in [7, 11) is 0. The van der Waals surface area contributed by atoms with Crippen molar-refractivity contribution in [3.63, 3.8) is 0 Å². The number of hydrogen-bond donors (Lipinski definition) is 1. The molecule has 0 amide bonds. The van der Waals surface area contributed by atoms with Crippen molar-refractivity contribution in [2.45, 2.75) is 6.42 Å². The lowest BCUT2D eigenvalue weighted by Crippen LogP contribution is -2.23. The van der Waals surface area contributed by atoms with Crippen LogP contribution in [0.5, 0.6) is 0 Å². The Morgan fingerprint density at radius 1 is 1.20 bits per heavy atom. The Bertz CT molecular complexity index is 592. The van der Waals surface area contributed by atoms with E-state index in [9.17, 15) is 8.78 Å². The summed E-state index contributed by atoms with van der Waals surface area (Å²) >= 11 is 5.69. The molecule has 1 aromatic heterocycles. The molecule has 2 aromatic rings. The number of nitrogens with zero attached hydrogens (tertiary/aromatic N) is 2. The van der Waals surface area contributed by atoms with Gasteiger partial charge in [0, 0.05) is 12.7 Å². The lowest BCUT2D eigenvalue weighted by molar-refractivity contribution is 0.604. The van der Waals surface area contributed by atoms with Crippen LogP contribution in [0.2, 0.25) is 5.02 Å². The van der Waals surface area contributed by atoms with Gasteiger partial charge in [0.2, 0.25) is 0 Å². The van der Waals surface area contributed by atoms with Crippen LogP contribution in [0.4, 0.5) is 20.3 Å². The highest BCUT2D eigenvalue weighted by atomic mass is 35.5. The minimum Gasteiger partial charge on any atom is -0.330 e. The number of rotatable bonds is 5. The van der Waals surface area contributed by atoms with E-state index in [0.29, 0.717) is 19.5 Å². The van der Waals surface area contributed by atoms with Gasteiger partial charge in [-0.2, -0.15) is 0 Å². The highest BCUT2D eigenvalue weighted by molar-refractivity contribution is 6.30. The van der Waals surface area contributed by atoms with Crippen LogP contribution in [-0.4, -0.2) is 18.1 Å². The molecule has 0 saturated carbocycles. The molecular formula is C14H14ClF2N3. The Morgan fingerprint density at radius 3 is 2.60 bits per heavy atom. The van der Waals surface area contributed by atoms with Gasteiger partial charge in [-0.1, -0.05) is 23.7 Å². The first-order valence-corrected chi connectivity index (χ1v) is 6.54. The van der Waals surface area contributed by atoms with Gasteiger partial charge < -0.3 is 10.6 Å². The fourth-order valence-electron chi connectivity index (χ4n) is 1.87. The first-order valence-electron chi connectivity index (χ1n) is 6.16. The van der Waals surface area contributed by atoms with Crippen LogP contribution in [0.3, 0.4) is 0 Å². The third-order valence-corrected chi connectivity index (χ3v) is 2.98. The summed E-state index contributed by atoms with van der Waals surface area (Å²) in [5, 5.41) is 0.193. The summed E-state index contributed by atoms with van der Waals surface area (Å²) in [6, 6.07) is 7.30. The summed E-state index contributed by atoms with van der Waals surface area (Å²) < 4.78 is 27.9. The summed E-state index contributed by atoms with van der Waals surface area (Å²) in [5.74, 6) is -1.01. The molecule has 1 heterocycles. The first kappa shape index (κ1) is 14.7. The van der Waals surface area contributed by atoms with Crippen molar-refractivity contribution in [3.05, 3.63) is 53.2 Å². The van der Waals surface area contributed by atoms with E-state index in [2.05, 4.69) is 4.98 Å². The van der Waals surface area contributed by atoms with E-state index in [1.54, 1.807) is 18.2 Å². The smallest absolute Gasteiger partial charge is 0.169 e. The highest BCUT2D eigenvalue weighted by Crippen LogP contribution is 2.29. The van der Waals surface area contributed by atoms with Gasteiger partial charge in [-0.3, -0.25) is 0 Å². The van der Waals surface area contributed by atoms with E-state index in [1.165, 1.54) is 17.2 Å². The van der Waals surface area contributed by atoms with Crippen molar-refractivity contribution < 1.29 is 8.78 Å². The molecule has 0 spiro atoms. The maximum absolute atomic E-state index is 14.0. The van der Waals surface area contributed by atoms with E-state index < -0.39 is 11.6 Å². The zero-order valence-corrected chi connectivity index (χ0v) is 11.4. The Labute approximate surface area is 121 Å². The molecule has 0 aliphatic rings. The number of pyridine rings is 1. The first-order chi connectivity index (χ1) is 9.63. The SMILES string of the molecule is NCCCN(c1ccccc1F)c1ncc(Cl)cc1F. The number of hydrogen-bond acceptors (Lipinski definition) is 3. The fraction of sp³-hybridized carbons (Fsp3) is 0.214. The number of anilines is 2. The molecule has 0 aliphatic carbocycles. The van der Waals surface area contributed by atoms with Gasteiger partial charge >= 0.3 is 0 Å². The average molecular weight is 298 g/mol. The zero-order chi connectivity index (χ0) is 14.5. The molecule has 0 bridgehead atoms. The normalized spacial score (nSPS) is 10.6. The highest BCUT2D eigenvalue weighted by Gasteiger charge is 2.18. The van der Waals surface area contributed by atoms with Crippen molar-refractivity contribution in [2.24, 2.45) is 5.73 Å². The van der Waals surface area contributed by atoms with Crippen LogP contribution in [0.25, 0.3) is 0 Å². The number of para-hydroxylation sites is 1. The number of halogens is 3. The van der Waals surface area contributed by atoms with Crippen LogP contribution < -0.4 is 10.6 Å². The molecule has 0 unspecified atom stereocenters. The average Bonchev–Trinajstić information content (AvgIpc) is 2.42. The van der Waals surface area contributed by atoms with Gasteiger partial charge in [0.15, 0.2) is 11.6 Å². The van der Waals surface area contributed by atoms with Crippen LogP contribution in [0, 0.1) is 11.6 Å². The Balaban J connectivity index is 2.44. The molecular weight excluding hydrogens is 284 g/mol. The molecule has 0 atom stereocenters. The van der Waals surface area contributed by atoms with Crippen LogP contribution >= 0.6 is 11.6 Å². The van der Waals surface area contributed by atoms with Gasteiger partial charge in [-0.25, -0.2) is 13.8 Å². The van der Waals surface area contributed by atoms with Crippen molar-refractivity contribution in [1.29, 1.82) is 0 Å². The van der Waals surface area contributed by atoms with E-state index >= 15 is 0 Å². The number of benzene rings is 1. The van der Waals surface area contributed by atoms with E-state index in [-0.39, 0.29) is 16.5 Å². The molecule has 0 saturated heterocycles. The maximum Gasteiger partial charge on any atom is 0.169 e. The monoisotopic (exact) mass is 297 g/mol. The van der Waals surface area contributed by atoms with Crippen molar-refractivity contribution >= 4 is 23.1 Å². The molecule has 106 valence electrons. The fourth-order valence-corrected chi connectivity index (χ4v) is 2.01. The standard InChI is InChI=1S/C14H14ClF2N3/c15-10-8-12(17)14(19-9-10)20(7-3-6-18)13-5-2-1-4-11(13)16/h1-2,4-5,8-9H,3,6-7,18H2. The Kier molecular flexibility index (Phi) is 4.87. The number of nitrogens with two attached hydrogens (primary N) is 1. The summed E-state index contributed by atoms with van der Waals surface area (Å²) in [6.07, 6.45) is 1.91. The van der Waals surface area contributed by atoms with Gasteiger partial charge in [-0.15, -0.1) is 0 Å². The predicted octanol–water partition coefficient (Wildman–Crippen LogP) is 3.50. The minimum atomic E-state index is -0.599. The Morgan fingerprint density at radius 2 is 1.95 bits per heavy atom. The van der Waals surface area contributed by atoms with Crippen molar-refractivity contribution in [2.75, 3.05) is 18.0 Å². The Hall–Kier alpha value is -1.72. The minimum absolute atomic E-state index is 0.0351. The van der Waals surface area contributed by atoms with Crippen molar-refractivity contribution in [3.8, 4) is 0 Å². The molecule has 2 N–H and O–H groups in total. The van der Waals surface area contributed by atoms with Crippen LogP contribution in [0.1, 0.15) is 6.42 Å². The lowest BCUT2D eigenvalue weighted by atomic mass is 10.2. The largest absolute Gasteiger partial charge is 0.330 e. The molecule has 0 aliphatic heterocycles. The van der Waals surface area contributed by atoms with Crippen molar-refractivity contribution in [1.82, 2.24) is 4.98 Å². The molecule has 0 fully saturated rings.